The van der Waals surface area contributed by atoms with Crippen molar-refractivity contribution in [1.29, 1.82) is 0 Å². The Hall–Kier alpha value is -0.990. The Kier molecular flexibility index (Phi) is 4.08. The van der Waals surface area contributed by atoms with Crippen molar-refractivity contribution in [2.24, 2.45) is 0 Å². The smallest absolute Gasteiger partial charge is 0.0488 e. The number of anilines is 1. The van der Waals surface area contributed by atoms with Crippen LogP contribution >= 0.6 is 27.5 Å². The van der Waals surface area contributed by atoms with Gasteiger partial charge in [-0.15, -0.1) is 0 Å². The van der Waals surface area contributed by atoms with Crippen molar-refractivity contribution in [2.75, 3.05) is 5.32 Å². The first-order chi connectivity index (χ1) is 8.16. The molecule has 2 aromatic carbocycles. The molecule has 0 saturated heterocycles. The molecule has 0 radical (unpaired) electrons. The molecule has 0 unspecified atom stereocenters. The van der Waals surface area contributed by atoms with Crippen LogP contribution in [0.2, 0.25) is 5.02 Å². The highest BCUT2D eigenvalue weighted by Crippen LogP contribution is 2.26. The summed E-state index contributed by atoms with van der Waals surface area (Å²) in [7, 11) is 0. The highest BCUT2D eigenvalue weighted by molar-refractivity contribution is 9.10. The predicted molar refractivity (Wildman–Crippen MR) is 77.7 cm³/mol. The van der Waals surface area contributed by atoms with Gasteiger partial charge in [0.1, 0.15) is 0 Å². The fraction of sp³-hybridized carbons (Fsp3) is 0.143. The van der Waals surface area contributed by atoms with Gasteiger partial charge in [0.25, 0.3) is 0 Å². The van der Waals surface area contributed by atoms with Crippen LogP contribution in [0.1, 0.15) is 11.1 Å². The summed E-state index contributed by atoms with van der Waals surface area (Å²) in [4.78, 5) is 0. The maximum atomic E-state index is 5.90. The minimum Gasteiger partial charge on any atom is -0.380 e. The SMILES string of the molecule is Cc1ccccc1CNc1ccc(Cl)cc1Br. The van der Waals surface area contributed by atoms with E-state index in [1.165, 1.54) is 11.1 Å². The standard InChI is InChI=1S/C14H13BrClN/c1-10-4-2-3-5-11(10)9-17-14-7-6-12(16)8-13(14)15/h2-8,17H,9H2,1H3. The number of aryl methyl sites for hydroxylation is 1. The number of hydrogen-bond donors (Lipinski definition) is 1. The van der Waals surface area contributed by atoms with Crippen molar-refractivity contribution in [3.63, 3.8) is 0 Å². The molecular weight excluding hydrogens is 298 g/mol. The molecule has 3 heteroatoms. The van der Waals surface area contributed by atoms with Gasteiger partial charge in [0, 0.05) is 21.7 Å². The maximum absolute atomic E-state index is 5.90. The van der Waals surface area contributed by atoms with Gasteiger partial charge in [0.05, 0.1) is 0 Å². The molecule has 1 nitrogen and oxygen atoms in total. The maximum Gasteiger partial charge on any atom is 0.0488 e. The third kappa shape index (κ3) is 3.24. The molecule has 0 aliphatic rings. The quantitative estimate of drug-likeness (QED) is 0.839. The molecule has 0 aliphatic carbocycles. The lowest BCUT2D eigenvalue weighted by molar-refractivity contribution is 1.12. The summed E-state index contributed by atoms with van der Waals surface area (Å²) < 4.78 is 0.985. The van der Waals surface area contributed by atoms with E-state index in [0.717, 1.165) is 21.7 Å². The van der Waals surface area contributed by atoms with Gasteiger partial charge >= 0.3 is 0 Å². The first kappa shape index (κ1) is 12.5. The summed E-state index contributed by atoms with van der Waals surface area (Å²) in [6.07, 6.45) is 0. The van der Waals surface area contributed by atoms with Crippen LogP contribution < -0.4 is 5.32 Å². The fourth-order valence-corrected chi connectivity index (χ4v) is 2.45. The average Bonchev–Trinajstić information content (AvgIpc) is 2.30. The van der Waals surface area contributed by atoms with Gasteiger partial charge < -0.3 is 5.32 Å². The predicted octanol–water partition coefficient (Wildman–Crippen LogP) is 5.02. The summed E-state index contributed by atoms with van der Waals surface area (Å²) in [6, 6.07) is 14.1. The van der Waals surface area contributed by atoms with Gasteiger partial charge in [0.2, 0.25) is 0 Å². The minimum absolute atomic E-state index is 0.735. The molecule has 0 spiro atoms. The zero-order valence-electron chi connectivity index (χ0n) is 9.50. The van der Waals surface area contributed by atoms with Crippen molar-refractivity contribution in [2.45, 2.75) is 13.5 Å². The highest BCUT2D eigenvalue weighted by Gasteiger charge is 2.01. The second-order valence-electron chi connectivity index (χ2n) is 3.90. The van der Waals surface area contributed by atoms with Crippen molar-refractivity contribution in [3.8, 4) is 0 Å². The largest absolute Gasteiger partial charge is 0.380 e. The molecule has 0 fully saturated rings. The van der Waals surface area contributed by atoms with E-state index in [1.54, 1.807) is 0 Å². The molecule has 17 heavy (non-hydrogen) atoms. The Morgan fingerprint density at radius 2 is 1.94 bits per heavy atom. The number of nitrogens with one attached hydrogen (secondary N) is 1. The molecule has 0 amide bonds. The third-order valence-electron chi connectivity index (χ3n) is 2.66. The lowest BCUT2D eigenvalue weighted by Crippen LogP contribution is -2.01. The summed E-state index contributed by atoms with van der Waals surface area (Å²) >= 11 is 9.39. The molecule has 1 N–H and O–H groups in total. The minimum atomic E-state index is 0.735. The van der Waals surface area contributed by atoms with E-state index in [0.29, 0.717) is 0 Å². The van der Waals surface area contributed by atoms with Crippen molar-refractivity contribution < 1.29 is 0 Å². The number of hydrogen-bond acceptors (Lipinski definition) is 1. The second-order valence-corrected chi connectivity index (χ2v) is 5.19. The Balaban J connectivity index is 2.10. The molecule has 0 saturated carbocycles. The molecule has 0 aliphatic heterocycles. The lowest BCUT2D eigenvalue weighted by Gasteiger charge is -2.10. The van der Waals surface area contributed by atoms with Gasteiger partial charge in [-0.3, -0.25) is 0 Å². The van der Waals surface area contributed by atoms with Crippen LogP contribution in [0.3, 0.4) is 0 Å². The molecule has 0 bridgehead atoms. The van der Waals surface area contributed by atoms with Crippen LogP contribution in [-0.4, -0.2) is 0 Å². The monoisotopic (exact) mass is 309 g/mol. The number of halogens is 2. The summed E-state index contributed by atoms with van der Waals surface area (Å²) in [5.41, 5.74) is 3.65. The van der Waals surface area contributed by atoms with E-state index in [-0.39, 0.29) is 0 Å². The fourth-order valence-electron chi connectivity index (χ4n) is 1.63. The van der Waals surface area contributed by atoms with Crippen molar-refractivity contribution >= 4 is 33.2 Å². The van der Waals surface area contributed by atoms with E-state index < -0.39 is 0 Å². The van der Waals surface area contributed by atoms with Crippen LogP contribution in [0, 0.1) is 6.92 Å². The highest BCUT2D eigenvalue weighted by atomic mass is 79.9. The van der Waals surface area contributed by atoms with E-state index in [4.69, 9.17) is 11.6 Å². The second kappa shape index (κ2) is 5.56. The Bertz CT molecular complexity index is 525. The molecule has 2 aromatic rings. The average molecular weight is 311 g/mol. The zero-order valence-corrected chi connectivity index (χ0v) is 11.8. The third-order valence-corrected chi connectivity index (χ3v) is 3.55. The molecule has 0 atom stereocenters. The molecule has 2 rings (SSSR count). The Labute approximate surface area is 115 Å². The lowest BCUT2D eigenvalue weighted by atomic mass is 10.1. The number of benzene rings is 2. The summed E-state index contributed by atoms with van der Waals surface area (Å²) in [5, 5.41) is 4.13. The van der Waals surface area contributed by atoms with E-state index >= 15 is 0 Å². The van der Waals surface area contributed by atoms with Gasteiger partial charge in [-0.25, -0.2) is 0 Å². The molecule has 0 heterocycles. The molecule has 0 aromatic heterocycles. The summed E-state index contributed by atoms with van der Waals surface area (Å²) in [6.45, 7) is 2.93. The Morgan fingerprint density at radius 3 is 2.65 bits per heavy atom. The van der Waals surface area contributed by atoms with Crippen LogP contribution in [0.5, 0.6) is 0 Å². The Morgan fingerprint density at radius 1 is 1.18 bits per heavy atom. The van der Waals surface area contributed by atoms with Crippen LogP contribution in [0.25, 0.3) is 0 Å². The van der Waals surface area contributed by atoms with Crippen LogP contribution in [-0.2, 0) is 6.54 Å². The zero-order chi connectivity index (χ0) is 12.3. The normalized spacial score (nSPS) is 10.3. The van der Waals surface area contributed by atoms with Crippen LogP contribution in [0.4, 0.5) is 5.69 Å². The summed E-state index contributed by atoms with van der Waals surface area (Å²) in [5.74, 6) is 0. The first-order valence-electron chi connectivity index (χ1n) is 5.40. The van der Waals surface area contributed by atoms with Crippen molar-refractivity contribution in [1.82, 2.24) is 0 Å². The number of rotatable bonds is 3. The van der Waals surface area contributed by atoms with Gasteiger partial charge in [-0.1, -0.05) is 35.9 Å². The molecule has 88 valence electrons. The van der Waals surface area contributed by atoms with E-state index in [2.05, 4.69) is 52.4 Å². The van der Waals surface area contributed by atoms with Crippen molar-refractivity contribution in [3.05, 3.63) is 63.1 Å². The van der Waals surface area contributed by atoms with E-state index in [9.17, 15) is 0 Å². The first-order valence-corrected chi connectivity index (χ1v) is 6.57. The van der Waals surface area contributed by atoms with Gasteiger partial charge in [0.15, 0.2) is 0 Å². The molecular formula is C14H13BrClN. The van der Waals surface area contributed by atoms with Crippen LogP contribution in [0.15, 0.2) is 46.9 Å². The topological polar surface area (TPSA) is 12.0 Å². The van der Waals surface area contributed by atoms with Gasteiger partial charge in [-0.05, 0) is 52.2 Å². The van der Waals surface area contributed by atoms with Gasteiger partial charge in [-0.2, -0.15) is 0 Å². The van der Waals surface area contributed by atoms with E-state index in [1.807, 2.05) is 18.2 Å².